The molecule has 0 aliphatic heterocycles. The summed E-state index contributed by atoms with van der Waals surface area (Å²) in [6.07, 6.45) is 5.53. The number of amides is 1. The van der Waals surface area contributed by atoms with Crippen LogP contribution in [0.4, 0.5) is 0 Å². The third kappa shape index (κ3) is 3.61. The molecule has 0 spiro atoms. The minimum atomic E-state index is -0.349. The van der Waals surface area contributed by atoms with Gasteiger partial charge in [0.1, 0.15) is 17.5 Å². The molecule has 1 amide bonds. The van der Waals surface area contributed by atoms with E-state index in [-0.39, 0.29) is 29.7 Å². The number of aromatic nitrogens is 2. The van der Waals surface area contributed by atoms with Gasteiger partial charge in [-0.2, -0.15) is 0 Å². The lowest BCUT2D eigenvalue weighted by Gasteiger charge is -2.10. The predicted molar refractivity (Wildman–Crippen MR) is 64.7 cm³/mol. The third-order valence-electron chi connectivity index (χ3n) is 2.06. The van der Waals surface area contributed by atoms with Crippen LogP contribution in [0.25, 0.3) is 0 Å². The van der Waals surface area contributed by atoms with Crippen molar-refractivity contribution in [3.05, 3.63) is 27.4 Å². The van der Waals surface area contributed by atoms with Crippen LogP contribution >= 0.6 is 11.6 Å². The van der Waals surface area contributed by atoms with Gasteiger partial charge < -0.3 is 5.32 Å². The van der Waals surface area contributed by atoms with E-state index in [9.17, 15) is 9.59 Å². The molecular weight excluding hydrogens is 242 g/mol. The number of nitrogens with zero attached hydrogens (tertiary/aromatic N) is 2. The van der Waals surface area contributed by atoms with Crippen LogP contribution in [0.5, 0.6) is 0 Å². The molecular formula is C11H12ClN3O2. The van der Waals surface area contributed by atoms with Crippen LogP contribution in [0.15, 0.2) is 10.9 Å². The lowest BCUT2D eigenvalue weighted by atomic mass is 10.4. The number of rotatable bonds is 4. The van der Waals surface area contributed by atoms with E-state index in [1.807, 2.05) is 6.92 Å². The normalized spacial score (nSPS) is 9.71. The first-order valence-electron chi connectivity index (χ1n) is 5.05. The van der Waals surface area contributed by atoms with Gasteiger partial charge in [-0.1, -0.05) is 24.4 Å². The molecule has 1 heterocycles. The number of carbonyl (C=O) groups is 1. The summed E-state index contributed by atoms with van der Waals surface area (Å²) in [6, 6.07) is 1.18. The Morgan fingerprint density at radius 3 is 3.00 bits per heavy atom. The van der Waals surface area contributed by atoms with Gasteiger partial charge in [0.15, 0.2) is 0 Å². The molecule has 0 unspecified atom stereocenters. The minimum Gasteiger partial charge on any atom is -0.344 e. The summed E-state index contributed by atoms with van der Waals surface area (Å²) in [5, 5.41) is 2.61. The van der Waals surface area contributed by atoms with Gasteiger partial charge in [-0.25, -0.2) is 4.98 Å². The second-order valence-corrected chi connectivity index (χ2v) is 3.64. The van der Waals surface area contributed by atoms with Crippen LogP contribution in [0.3, 0.4) is 0 Å². The highest BCUT2D eigenvalue weighted by Gasteiger charge is 2.09. The molecule has 1 aromatic heterocycles. The summed E-state index contributed by atoms with van der Waals surface area (Å²) in [5.41, 5.74) is -0.349. The quantitative estimate of drug-likeness (QED) is 0.616. The monoisotopic (exact) mass is 253 g/mol. The molecule has 0 atom stereocenters. The molecule has 0 fully saturated rings. The molecule has 1 aromatic rings. The van der Waals surface area contributed by atoms with Gasteiger partial charge in [0.2, 0.25) is 5.91 Å². The number of halogens is 1. The van der Waals surface area contributed by atoms with E-state index in [1.54, 1.807) is 0 Å². The van der Waals surface area contributed by atoms with Gasteiger partial charge in [-0.05, 0) is 0 Å². The van der Waals surface area contributed by atoms with Crippen LogP contribution in [-0.4, -0.2) is 22.0 Å². The Labute approximate surface area is 104 Å². The average Bonchev–Trinajstić information content (AvgIpc) is 2.29. The van der Waals surface area contributed by atoms with Gasteiger partial charge >= 0.3 is 0 Å². The lowest BCUT2D eigenvalue weighted by Crippen LogP contribution is -2.34. The highest BCUT2D eigenvalue weighted by Crippen LogP contribution is 2.02. The Bertz CT molecular complexity index is 516. The minimum absolute atomic E-state index is 0.103. The summed E-state index contributed by atoms with van der Waals surface area (Å²) in [4.78, 5) is 27.1. The smallest absolute Gasteiger partial charge is 0.255 e. The van der Waals surface area contributed by atoms with Crippen molar-refractivity contribution < 1.29 is 4.79 Å². The highest BCUT2D eigenvalue weighted by molar-refractivity contribution is 6.29. The molecule has 1 rings (SSSR count). The van der Waals surface area contributed by atoms with Crippen molar-refractivity contribution in [2.24, 2.45) is 0 Å². The summed E-state index contributed by atoms with van der Waals surface area (Å²) in [6.45, 7) is 1.86. The van der Waals surface area contributed by atoms with Crippen LogP contribution in [0, 0.1) is 12.3 Å². The number of nitrogens with one attached hydrogen (secondary N) is 1. The lowest BCUT2D eigenvalue weighted by molar-refractivity contribution is -0.121. The molecule has 90 valence electrons. The Kier molecular flexibility index (Phi) is 4.73. The van der Waals surface area contributed by atoms with Crippen molar-refractivity contribution in [3.8, 4) is 12.3 Å². The molecule has 0 bridgehead atoms. The van der Waals surface area contributed by atoms with Gasteiger partial charge in [0.25, 0.3) is 5.56 Å². The Balaban J connectivity index is 2.95. The molecule has 0 saturated heterocycles. The van der Waals surface area contributed by atoms with E-state index < -0.39 is 0 Å². The number of aryl methyl sites for hydroxylation is 1. The SMILES string of the molecule is C#CCNC(=O)Cn1c(CC)nc(Cl)cc1=O. The molecule has 1 N–H and O–H groups in total. The van der Waals surface area contributed by atoms with Gasteiger partial charge in [0.05, 0.1) is 6.54 Å². The average molecular weight is 254 g/mol. The first-order valence-corrected chi connectivity index (χ1v) is 5.42. The topological polar surface area (TPSA) is 64.0 Å². The molecule has 0 aliphatic carbocycles. The maximum atomic E-state index is 11.6. The zero-order valence-electron chi connectivity index (χ0n) is 9.36. The first-order chi connectivity index (χ1) is 8.08. The second-order valence-electron chi connectivity index (χ2n) is 3.25. The fourth-order valence-electron chi connectivity index (χ4n) is 1.31. The van der Waals surface area contributed by atoms with Crippen molar-refractivity contribution in [2.45, 2.75) is 19.9 Å². The molecule has 0 radical (unpaired) electrons. The Morgan fingerprint density at radius 1 is 1.71 bits per heavy atom. The number of hydrogen-bond acceptors (Lipinski definition) is 3. The van der Waals surface area contributed by atoms with Crippen molar-refractivity contribution >= 4 is 17.5 Å². The van der Waals surface area contributed by atoms with Crippen LogP contribution in [0.2, 0.25) is 5.15 Å². The third-order valence-corrected chi connectivity index (χ3v) is 2.26. The fraction of sp³-hybridized carbons (Fsp3) is 0.364. The molecule has 0 aromatic carbocycles. The molecule has 0 saturated carbocycles. The highest BCUT2D eigenvalue weighted by atomic mass is 35.5. The summed E-state index contributed by atoms with van der Waals surface area (Å²) >= 11 is 5.67. The predicted octanol–water partition coefficient (Wildman–Crippen LogP) is 0.208. The summed E-state index contributed by atoms with van der Waals surface area (Å²) < 4.78 is 1.28. The number of terminal acetylenes is 1. The molecule has 5 nitrogen and oxygen atoms in total. The van der Waals surface area contributed by atoms with Crippen LogP contribution in [-0.2, 0) is 17.8 Å². The number of carbonyl (C=O) groups excluding carboxylic acids is 1. The molecule has 17 heavy (non-hydrogen) atoms. The van der Waals surface area contributed by atoms with Crippen molar-refractivity contribution in [3.63, 3.8) is 0 Å². The fourth-order valence-corrected chi connectivity index (χ4v) is 1.50. The standard InChI is InChI=1S/C11H12ClN3O2/c1-3-5-13-10(16)7-15-9(4-2)14-8(12)6-11(15)17/h1,6H,4-5,7H2,2H3,(H,13,16). The van der Waals surface area contributed by atoms with Crippen molar-refractivity contribution in [2.75, 3.05) is 6.54 Å². The zero-order valence-corrected chi connectivity index (χ0v) is 10.1. The second kappa shape index (κ2) is 6.06. The summed E-state index contributed by atoms with van der Waals surface area (Å²) in [7, 11) is 0. The van der Waals surface area contributed by atoms with Crippen LogP contribution < -0.4 is 10.9 Å². The van der Waals surface area contributed by atoms with Gasteiger partial charge in [-0.3, -0.25) is 14.2 Å². The van der Waals surface area contributed by atoms with Crippen molar-refractivity contribution in [1.82, 2.24) is 14.9 Å². The zero-order chi connectivity index (χ0) is 12.8. The number of hydrogen-bond donors (Lipinski definition) is 1. The maximum absolute atomic E-state index is 11.6. The Hall–Kier alpha value is -1.80. The molecule has 6 heteroatoms. The first kappa shape index (κ1) is 13.3. The van der Waals surface area contributed by atoms with E-state index in [0.29, 0.717) is 12.2 Å². The largest absolute Gasteiger partial charge is 0.344 e. The van der Waals surface area contributed by atoms with Gasteiger partial charge in [-0.15, -0.1) is 6.42 Å². The molecule has 0 aliphatic rings. The van der Waals surface area contributed by atoms with E-state index in [0.717, 1.165) is 0 Å². The van der Waals surface area contributed by atoms with Crippen LogP contribution in [0.1, 0.15) is 12.7 Å². The van der Waals surface area contributed by atoms with Crippen molar-refractivity contribution in [1.29, 1.82) is 0 Å². The van der Waals surface area contributed by atoms with E-state index >= 15 is 0 Å². The summed E-state index contributed by atoms with van der Waals surface area (Å²) in [5.74, 6) is 2.42. The van der Waals surface area contributed by atoms with E-state index in [2.05, 4.69) is 16.2 Å². The van der Waals surface area contributed by atoms with E-state index in [1.165, 1.54) is 10.6 Å². The van der Waals surface area contributed by atoms with Gasteiger partial charge in [0, 0.05) is 12.5 Å². The van der Waals surface area contributed by atoms with E-state index in [4.69, 9.17) is 18.0 Å². The Morgan fingerprint density at radius 2 is 2.41 bits per heavy atom. The maximum Gasteiger partial charge on any atom is 0.255 e.